The van der Waals surface area contributed by atoms with Crippen LogP contribution in [0.2, 0.25) is 5.02 Å². The number of aromatic nitrogens is 4. The molecule has 142 valence electrons. The number of fused-ring (bicyclic) bond motifs is 1. The lowest BCUT2D eigenvalue weighted by molar-refractivity contribution is -0.0511. The second-order valence-corrected chi connectivity index (χ2v) is 7.52. The normalized spacial score (nSPS) is 25.3. The first-order valence-electron chi connectivity index (χ1n) is 8.26. The molecule has 4 rings (SSSR count). The summed E-state index contributed by atoms with van der Waals surface area (Å²) < 4.78 is 7.11. The van der Waals surface area contributed by atoms with Crippen LogP contribution < -0.4 is 0 Å². The van der Waals surface area contributed by atoms with Gasteiger partial charge in [0.15, 0.2) is 11.9 Å². The van der Waals surface area contributed by atoms with Gasteiger partial charge in [-0.2, -0.15) is 0 Å². The van der Waals surface area contributed by atoms with Crippen LogP contribution in [0.1, 0.15) is 11.9 Å². The Morgan fingerprint density at radius 2 is 1.96 bits per heavy atom. The molecular weight excluding hydrogens is 392 g/mol. The first kappa shape index (κ1) is 18.6. The summed E-state index contributed by atoms with van der Waals surface area (Å²) in [5, 5.41) is 30.2. The summed E-state index contributed by atoms with van der Waals surface area (Å²) in [7, 11) is 0. The van der Waals surface area contributed by atoms with E-state index in [2.05, 4.69) is 15.0 Å². The molecule has 10 heteroatoms. The Hall–Kier alpha value is -1.75. The minimum Gasteiger partial charge on any atom is -0.394 e. The van der Waals surface area contributed by atoms with Crippen LogP contribution in [0.5, 0.6) is 0 Å². The van der Waals surface area contributed by atoms with Gasteiger partial charge in [-0.05, 0) is 12.1 Å². The molecule has 1 saturated heterocycles. The molecule has 1 aliphatic heterocycles. The van der Waals surface area contributed by atoms with Gasteiger partial charge >= 0.3 is 0 Å². The lowest BCUT2D eigenvalue weighted by Crippen LogP contribution is -2.33. The monoisotopic (exact) mass is 408 g/mol. The second-order valence-electron chi connectivity index (χ2n) is 6.09. The molecule has 27 heavy (non-hydrogen) atoms. The maximum atomic E-state index is 10.2. The predicted molar refractivity (Wildman–Crippen MR) is 99.3 cm³/mol. The van der Waals surface area contributed by atoms with Gasteiger partial charge in [-0.15, -0.1) is 11.8 Å². The number of hydrogen-bond acceptors (Lipinski definition) is 8. The van der Waals surface area contributed by atoms with E-state index < -0.39 is 31.1 Å². The molecule has 0 unspecified atom stereocenters. The van der Waals surface area contributed by atoms with E-state index in [0.717, 1.165) is 10.6 Å². The highest BCUT2D eigenvalue weighted by Crippen LogP contribution is 2.33. The summed E-state index contributed by atoms with van der Waals surface area (Å²) in [6.07, 6.45) is -1.22. The van der Waals surface area contributed by atoms with Crippen molar-refractivity contribution < 1.29 is 20.1 Å². The molecule has 0 aliphatic carbocycles. The Bertz CT molecular complexity index is 956. The Labute approximate surface area is 163 Å². The van der Waals surface area contributed by atoms with Crippen LogP contribution in [0.3, 0.4) is 0 Å². The summed E-state index contributed by atoms with van der Waals surface area (Å²) in [5.41, 5.74) is 1.78. The largest absolute Gasteiger partial charge is 0.394 e. The molecule has 0 amide bonds. The third-order valence-electron chi connectivity index (χ3n) is 4.43. The number of imidazole rings is 1. The zero-order valence-electron chi connectivity index (χ0n) is 14.0. The molecule has 3 heterocycles. The molecular formula is C17H17ClN4O4S. The molecule has 0 bridgehead atoms. The van der Waals surface area contributed by atoms with Crippen molar-refractivity contribution in [1.82, 2.24) is 19.5 Å². The van der Waals surface area contributed by atoms with E-state index in [9.17, 15) is 15.3 Å². The number of ether oxygens (including phenoxy) is 1. The number of nitrogens with zero attached hydrogens (tertiary/aromatic N) is 4. The van der Waals surface area contributed by atoms with E-state index in [0.29, 0.717) is 21.9 Å². The second kappa shape index (κ2) is 7.70. The molecule has 2 aromatic heterocycles. The van der Waals surface area contributed by atoms with Crippen molar-refractivity contribution in [3.8, 4) is 0 Å². The van der Waals surface area contributed by atoms with Crippen molar-refractivity contribution in [2.45, 2.75) is 35.2 Å². The highest BCUT2D eigenvalue weighted by molar-refractivity contribution is 7.98. The van der Waals surface area contributed by atoms with Crippen LogP contribution in [-0.2, 0) is 10.5 Å². The summed E-state index contributed by atoms with van der Waals surface area (Å²) in [6, 6.07) is 7.55. The molecule has 0 spiro atoms. The summed E-state index contributed by atoms with van der Waals surface area (Å²) in [5.74, 6) is 0.537. The number of benzene rings is 1. The number of halogens is 1. The van der Waals surface area contributed by atoms with E-state index in [1.54, 1.807) is 4.57 Å². The van der Waals surface area contributed by atoms with Gasteiger partial charge in [0.05, 0.1) is 23.7 Å². The highest BCUT2D eigenvalue weighted by Gasteiger charge is 2.44. The van der Waals surface area contributed by atoms with Gasteiger partial charge in [0.2, 0.25) is 0 Å². The standard InChI is InChI=1S/C17H17ClN4O4S/c18-9-3-1-2-4-12(9)27-6-10-13-16(20-7-19-10)22(8-21-13)17-15(25)14(24)11(5-23)26-17/h1-4,7-8,11,14-15,17,23-25H,5-6H2/t11-,14-,15-,17-/m1/s1. The lowest BCUT2D eigenvalue weighted by Gasteiger charge is -2.16. The maximum absolute atomic E-state index is 10.2. The number of hydrogen-bond donors (Lipinski definition) is 3. The van der Waals surface area contributed by atoms with Crippen LogP contribution in [0, 0.1) is 0 Å². The topological polar surface area (TPSA) is 114 Å². The van der Waals surface area contributed by atoms with Crippen LogP contribution in [0.25, 0.3) is 11.2 Å². The van der Waals surface area contributed by atoms with E-state index >= 15 is 0 Å². The predicted octanol–water partition coefficient (Wildman–Crippen LogP) is 1.38. The zero-order valence-corrected chi connectivity index (χ0v) is 15.6. The number of thioether (sulfide) groups is 1. The fraction of sp³-hybridized carbons (Fsp3) is 0.353. The molecule has 3 N–H and O–H groups in total. The van der Waals surface area contributed by atoms with Crippen molar-refractivity contribution in [3.05, 3.63) is 47.6 Å². The Balaban J connectivity index is 1.61. The van der Waals surface area contributed by atoms with E-state index in [-0.39, 0.29) is 0 Å². The Kier molecular flexibility index (Phi) is 5.31. The van der Waals surface area contributed by atoms with Gasteiger partial charge in [-0.25, -0.2) is 15.0 Å². The fourth-order valence-corrected chi connectivity index (χ4v) is 4.19. The van der Waals surface area contributed by atoms with Crippen LogP contribution in [0.4, 0.5) is 0 Å². The van der Waals surface area contributed by atoms with Gasteiger partial charge in [0.25, 0.3) is 0 Å². The molecule has 1 aliphatic rings. The van der Waals surface area contributed by atoms with Crippen molar-refractivity contribution in [3.63, 3.8) is 0 Å². The molecule has 0 radical (unpaired) electrons. The van der Waals surface area contributed by atoms with E-state index in [1.807, 2.05) is 24.3 Å². The third kappa shape index (κ3) is 3.42. The third-order valence-corrected chi connectivity index (χ3v) is 5.95. The molecule has 8 nitrogen and oxygen atoms in total. The minimum atomic E-state index is -1.20. The minimum absolute atomic E-state index is 0.393. The van der Waals surface area contributed by atoms with Crippen LogP contribution in [-0.4, -0.2) is 59.8 Å². The molecule has 1 aromatic carbocycles. The van der Waals surface area contributed by atoms with E-state index in [1.165, 1.54) is 24.4 Å². The van der Waals surface area contributed by atoms with Gasteiger partial charge in [0.1, 0.15) is 30.2 Å². The van der Waals surface area contributed by atoms with Crippen LogP contribution in [0.15, 0.2) is 41.8 Å². The van der Waals surface area contributed by atoms with Gasteiger partial charge in [0, 0.05) is 10.6 Å². The van der Waals surface area contributed by atoms with Gasteiger partial charge < -0.3 is 20.1 Å². The highest BCUT2D eigenvalue weighted by atomic mass is 35.5. The SMILES string of the molecule is OC[C@H]1O[C@@H](n2cnc3c(CSc4ccccc4Cl)ncnc32)[C@H](O)[C@@H]1O. The van der Waals surface area contributed by atoms with Gasteiger partial charge in [-0.3, -0.25) is 4.57 Å². The van der Waals surface area contributed by atoms with Crippen molar-refractivity contribution in [1.29, 1.82) is 0 Å². The molecule has 3 aromatic rings. The lowest BCUT2D eigenvalue weighted by atomic mass is 10.1. The van der Waals surface area contributed by atoms with Crippen LogP contribution >= 0.6 is 23.4 Å². The number of rotatable bonds is 5. The quantitative estimate of drug-likeness (QED) is 0.543. The average Bonchev–Trinajstić information content (AvgIpc) is 3.23. The smallest absolute Gasteiger partial charge is 0.165 e. The molecule has 4 atom stereocenters. The van der Waals surface area contributed by atoms with Crippen molar-refractivity contribution in [2.75, 3.05) is 6.61 Å². The fourth-order valence-electron chi connectivity index (χ4n) is 3.01. The van der Waals surface area contributed by atoms with Crippen molar-refractivity contribution >= 4 is 34.5 Å². The summed E-state index contributed by atoms with van der Waals surface area (Å²) in [4.78, 5) is 13.9. The van der Waals surface area contributed by atoms with Crippen molar-refractivity contribution in [2.24, 2.45) is 0 Å². The first-order valence-corrected chi connectivity index (χ1v) is 9.62. The zero-order chi connectivity index (χ0) is 19.0. The summed E-state index contributed by atoms with van der Waals surface area (Å²) in [6.45, 7) is -0.393. The van der Waals surface area contributed by atoms with Gasteiger partial charge in [-0.1, -0.05) is 23.7 Å². The van der Waals surface area contributed by atoms with E-state index in [4.69, 9.17) is 16.3 Å². The molecule has 0 saturated carbocycles. The first-order chi connectivity index (χ1) is 13.1. The Morgan fingerprint density at radius 1 is 1.15 bits per heavy atom. The average molecular weight is 409 g/mol. The molecule has 1 fully saturated rings. The number of aliphatic hydroxyl groups is 3. The number of aliphatic hydroxyl groups excluding tert-OH is 3. The maximum Gasteiger partial charge on any atom is 0.165 e. The Morgan fingerprint density at radius 3 is 2.70 bits per heavy atom. The summed E-state index contributed by atoms with van der Waals surface area (Å²) >= 11 is 7.73.